The van der Waals surface area contributed by atoms with Crippen molar-refractivity contribution in [3.63, 3.8) is 0 Å². The highest BCUT2D eigenvalue weighted by Crippen LogP contribution is 2.07. The van der Waals surface area contributed by atoms with Gasteiger partial charge in [0, 0.05) is 5.56 Å². The molecular formula is C19H34ClNO2. The Morgan fingerprint density at radius 3 is 2.00 bits per heavy atom. The fourth-order valence-electron chi connectivity index (χ4n) is 2.91. The normalized spacial score (nSPS) is 12.2. The van der Waals surface area contributed by atoms with Gasteiger partial charge in [-0.3, -0.25) is 0 Å². The molecule has 0 aliphatic carbocycles. The predicted octanol–water partition coefficient (Wildman–Crippen LogP) is -0.473. The van der Waals surface area contributed by atoms with E-state index in [1.807, 2.05) is 18.2 Å². The second-order valence-electron chi connectivity index (χ2n) is 6.32. The highest BCUT2D eigenvalue weighted by Gasteiger charge is 2.13. The number of hydrogen-bond acceptors (Lipinski definition) is 2. The molecule has 1 unspecified atom stereocenters. The second kappa shape index (κ2) is 14.9. The number of aliphatic hydroxyl groups is 2. The monoisotopic (exact) mass is 343 g/mol. The maximum Gasteiger partial charge on any atom is 0.202 e. The van der Waals surface area contributed by atoms with Gasteiger partial charge in [-0.05, 0) is 12.8 Å². The molecule has 0 spiro atoms. The van der Waals surface area contributed by atoms with Crippen LogP contribution in [-0.2, 0) is 6.54 Å². The summed E-state index contributed by atoms with van der Waals surface area (Å²) in [7, 11) is 0. The van der Waals surface area contributed by atoms with Crippen LogP contribution in [-0.4, -0.2) is 29.6 Å². The number of hydrogen-bond donors (Lipinski definition) is 3. The van der Waals surface area contributed by atoms with Gasteiger partial charge in [0.05, 0.1) is 6.54 Å². The van der Waals surface area contributed by atoms with Crippen LogP contribution in [0.4, 0.5) is 0 Å². The topological polar surface area (TPSA) is 44.9 Å². The zero-order valence-electron chi connectivity index (χ0n) is 14.5. The van der Waals surface area contributed by atoms with Gasteiger partial charge in [0.2, 0.25) is 6.29 Å². The van der Waals surface area contributed by atoms with Crippen LogP contribution < -0.4 is 17.3 Å². The molecule has 0 saturated carbocycles. The Hall–Kier alpha value is -0.610. The van der Waals surface area contributed by atoms with Crippen LogP contribution in [0, 0.1) is 0 Å². The van der Waals surface area contributed by atoms with Gasteiger partial charge in [0.25, 0.3) is 0 Å². The highest BCUT2D eigenvalue weighted by molar-refractivity contribution is 5.13. The van der Waals surface area contributed by atoms with Crippen molar-refractivity contribution in [3.05, 3.63) is 35.9 Å². The first kappa shape index (κ1) is 22.4. The van der Waals surface area contributed by atoms with Crippen LogP contribution in [0.3, 0.4) is 0 Å². The number of aliphatic hydroxyl groups excluding tert-OH is 1. The van der Waals surface area contributed by atoms with Crippen molar-refractivity contribution in [2.75, 3.05) is 13.1 Å². The van der Waals surface area contributed by atoms with Crippen molar-refractivity contribution >= 4 is 0 Å². The van der Waals surface area contributed by atoms with Crippen LogP contribution in [0.25, 0.3) is 0 Å². The lowest BCUT2D eigenvalue weighted by Crippen LogP contribution is -3.11. The summed E-state index contributed by atoms with van der Waals surface area (Å²) >= 11 is 0. The number of halogens is 1. The van der Waals surface area contributed by atoms with Crippen LogP contribution in [0.1, 0.15) is 63.9 Å². The maximum atomic E-state index is 9.26. The number of nitrogens with one attached hydrogen (secondary N) is 1. The number of unbranched alkanes of at least 4 members (excludes halogenated alkanes) is 7. The number of quaternary nitrogens is 1. The van der Waals surface area contributed by atoms with E-state index >= 15 is 0 Å². The zero-order valence-corrected chi connectivity index (χ0v) is 15.3. The fraction of sp³-hybridized carbons (Fsp3) is 0.684. The molecule has 4 heteroatoms. The van der Waals surface area contributed by atoms with Crippen molar-refractivity contribution in [2.45, 2.75) is 71.1 Å². The summed E-state index contributed by atoms with van der Waals surface area (Å²) in [6.45, 7) is 4.54. The molecule has 1 atom stereocenters. The smallest absolute Gasteiger partial charge is 0.202 e. The first-order valence-corrected chi connectivity index (χ1v) is 8.96. The molecule has 0 heterocycles. The van der Waals surface area contributed by atoms with Crippen molar-refractivity contribution in [2.24, 2.45) is 0 Å². The van der Waals surface area contributed by atoms with Crippen molar-refractivity contribution < 1.29 is 27.5 Å². The fourth-order valence-corrected chi connectivity index (χ4v) is 2.91. The van der Waals surface area contributed by atoms with Crippen LogP contribution in [0.2, 0.25) is 0 Å². The summed E-state index contributed by atoms with van der Waals surface area (Å²) in [6, 6.07) is 10.3. The van der Waals surface area contributed by atoms with Gasteiger partial charge in [-0.1, -0.05) is 75.8 Å². The second-order valence-corrected chi connectivity index (χ2v) is 6.32. The van der Waals surface area contributed by atoms with Gasteiger partial charge in [-0.25, -0.2) is 0 Å². The third-order valence-corrected chi connectivity index (χ3v) is 4.15. The minimum absolute atomic E-state index is 0. The van der Waals surface area contributed by atoms with Gasteiger partial charge in [0.1, 0.15) is 13.1 Å². The Bertz CT molecular complexity index is 360. The molecule has 3 N–H and O–H groups in total. The molecular weight excluding hydrogens is 310 g/mol. The number of benzene rings is 1. The first-order chi connectivity index (χ1) is 10.7. The minimum Gasteiger partial charge on any atom is -1.00 e. The molecule has 0 fully saturated rings. The van der Waals surface area contributed by atoms with E-state index in [1.54, 1.807) is 0 Å². The van der Waals surface area contributed by atoms with Gasteiger partial charge in [-0.2, -0.15) is 0 Å². The van der Waals surface area contributed by atoms with Gasteiger partial charge >= 0.3 is 0 Å². The van der Waals surface area contributed by atoms with Crippen LogP contribution in [0.5, 0.6) is 0 Å². The zero-order chi connectivity index (χ0) is 16.0. The largest absolute Gasteiger partial charge is 1.00 e. The molecule has 0 aliphatic rings. The third-order valence-electron chi connectivity index (χ3n) is 4.15. The van der Waals surface area contributed by atoms with Crippen LogP contribution >= 0.6 is 0 Å². The standard InChI is InChI=1S/C19H33NO2.ClH/c1-2-3-4-5-6-7-8-12-15-20(17-19(21)22)16-18-13-10-9-11-14-18;/h9-11,13-14,19,21-22H,2-8,12,15-17H2,1H3;1H. The predicted molar refractivity (Wildman–Crippen MR) is 91.7 cm³/mol. The molecule has 0 amide bonds. The van der Waals surface area contributed by atoms with Crippen molar-refractivity contribution in [3.8, 4) is 0 Å². The van der Waals surface area contributed by atoms with E-state index in [4.69, 9.17) is 0 Å². The molecule has 3 nitrogen and oxygen atoms in total. The Kier molecular flexibility index (Phi) is 14.6. The van der Waals surface area contributed by atoms with Crippen LogP contribution in [0.15, 0.2) is 30.3 Å². The summed E-state index contributed by atoms with van der Waals surface area (Å²) in [4.78, 5) is 1.26. The Morgan fingerprint density at radius 2 is 1.43 bits per heavy atom. The van der Waals surface area contributed by atoms with Gasteiger partial charge in [0.15, 0.2) is 0 Å². The average Bonchev–Trinajstić information content (AvgIpc) is 2.50. The van der Waals surface area contributed by atoms with E-state index in [1.165, 1.54) is 61.8 Å². The van der Waals surface area contributed by atoms with E-state index in [-0.39, 0.29) is 12.4 Å². The van der Waals surface area contributed by atoms with E-state index in [0.717, 1.165) is 13.1 Å². The summed E-state index contributed by atoms with van der Waals surface area (Å²) in [5.74, 6) is 0. The van der Waals surface area contributed by atoms with Gasteiger partial charge < -0.3 is 27.5 Å². The van der Waals surface area contributed by atoms with E-state index in [2.05, 4.69) is 19.1 Å². The Labute approximate surface area is 148 Å². The van der Waals surface area contributed by atoms with Crippen molar-refractivity contribution in [1.29, 1.82) is 0 Å². The maximum absolute atomic E-state index is 9.26. The lowest BCUT2D eigenvalue weighted by molar-refractivity contribution is -0.919. The molecule has 0 bridgehead atoms. The highest BCUT2D eigenvalue weighted by atomic mass is 35.5. The lowest BCUT2D eigenvalue weighted by atomic mass is 10.1. The molecule has 134 valence electrons. The summed E-state index contributed by atoms with van der Waals surface area (Å²) in [5.41, 5.74) is 1.26. The average molecular weight is 344 g/mol. The molecule has 0 saturated heterocycles. The number of rotatable bonds is 13. The quantitative estimate of drug-likeness (QED) is 0.335. The molecule has 1 rings (SSSR count). The first-order valence-electron chi connectivity index (χ1n) is 8.96. The van der Waals surface area contributed by atoms with E-state index in [0.29, 0.717) is 6.54 Å². The SMILES string of the molecule is CCCCCCCCCC[NH+](Cc1ccccc1)CC(O)O.[Cl-]. The van der Waals surface area contributed by atoms with E-state index in [9.17, 15) is 10.2 Å². The Morgan fingerprint density at radius 1 is 0.870 bits per heavy atom. The molecule has 23 heavy (non-hydrogen) atoms. The Balaban J connectivity index is 0.00000484. The molecule has 0 aliphatic heterocycles. The summed E-state index contributed by atoms with van der Waals surface area (Å²) in [5, 5.41) is 18.5. The molecule has 0 aromatic heterocycles. The van der Waals surface area contributed by atoms with E-state index < -0.39 is 6.29 Å². The molecule has 1 aromatic rings. The van der Waals surface area contributed by atoms with Crippen molar-refractivity contribution in [1.82, 2.24) is 0 Å². The lowest BCUT2D eigenvalue weighted by Gasteiger charge is -2.20. The summed E-state index contributed by atoms with van der Waals surface area (Å²) < 4.78 is 0. The summed E-state index contributed by atoms with van der Waals surface area (Å²) in [6.07, 6.45) is 9.27. The third kappa shape index (κ3) is 12.5. The minimum atomic E-state index is -1.22. The van der Waals surface area contributed by atoms with Gasteiger partial charge in [-0.15, -0.1) is 0 Å². The molecule has 0 radical (unpaired) electrons. The molecule has 1 aromatic carbocycles.